The highest BCUT2D eigenvalue weighted by atomic mass is 16.3. The molecule has 3 N–H and O–H groups in total. The molecule has 5 heteroatoms. The van der Waals surface area contributed by atoms with Crippen LogP contribution in [0.3, 0.4) is 0 Å². The Morgan fingerprint density at radius 1 is 1.16 bits per heavy atom. The van der Waals surface area contributed by atoms with Gasteiger partial charge in [0.15, 0.2) is 0 Å². The highest BCUT2D eigenvalue weighted by Gasteiger charge is 2.31. The normalized spacial score (nSPS) is 17.5. The molecule has 0 radical (unpaired) electrons. The molecule has 2 amide bonds. The second kappa shape index (κ2) is 7.48. The maximum Gasteiger partial charge on any atom is 0.239 e. The largest absolute Gasteiger partial charge is 0.388 e. The van der Waals surface area contributed by atoms with Crippen LogP contribution in [0.4, 0.5) is 0 Å². The zero-order chi connectivity index (χ0) is 14.3. The lowest BCUT2D eigenvalue weighted by atomic mass is 10.0. The van der Waals surface area contributed by atoms with E-state index in [0.29, 0.717) is 12.3 Å². The van der Waals surface area contributed by atoms with Crippen molar-refractivity contribution in [1.29, 1.82) is 0 Å². The Balaban J connectivity index is 2.12. The van der Waals surface area contributed by atoms with Crippen LogP contribution in [-0.4, -0.2) is 35.6 Å². The molecule has 0 aromatic carbocycles. The van der Waals surface area contributed by atoms with Crippen LogP contribution in [-0.2, 0) is 9.59 Å². The van der Waals surface area contributed by atoms with E-state index in [-0.39, 0.29) is 24.9 Å². The molecule has 1 fully saturated rings. The Morgan fingerprint density at radius 3 is 2.37 bits per heavy atom. The molecule has 0 aliphatic heterocycles. The molecule has 1 saturated carbocycles. The lowest BCUT2D eigenvalue weighted by Crippen LogP contribution is -2.44. The maximum atomic E-state index is 11.5. The lowest BCUT2D eigenvalue weighted by Gasteiger charge is -2.22. The monoisotopic (exact) mass is 270 g/mol. The van der Waals surface area contributed by atoms with Crippen molar-refractivity contribution in [3.05, 3.63) is 0 Å². The number of nitrogens with one attached hydrogen (secondary N) is 2. The minimum atomic E-state index is -0.739. The van der Waals surface area contributed by atoms with E-state index in [1.165, 1.54) is 0 Å². The molecule has 1 aliphatic rings. The molecule has 0 bridgehead atoms. The van der Waals surface area contributed by atoms with Gasteiger partial charge in [-0.2, -0.15) is 0 Å². The Morgan fingerprint density at radius 2 is 1.79 bits per heavy atom. The Labute approximate surface area is 115 Å². The van der Waals surface area contributed by atoms with Crippen molar-refractivity contribution in [3.63, 3.8) is 0 Å². The average molecular weight is 270 g/mol. The van der Waals surface area contributed by atoms with Crippen LogP contribution in [0.25, 0.3) is 0 Å². The number of amides is 2. The summed E-state index contributed by atoms with van der Waals surface area (Å²) >= 11 is 0. The summed E-state index contributed by atoms with van der Waals surface area (Å²) in [4.78, 5) is 23.0. The fourth-order valence-corrected chi connectivity index (χ4v) is 2.22. The van der Waals surface area contributed by atoms with Gasteiger partial charge in [-0.15, -0.1) is 0 Å². The summed E-state index contributed by atoms with van der Waals surface area (Å²) < 4.78 is 0. The molecular formula is C14H26N2O3. The van der Waals surface area contributed by atoms with Crippen molar-refractivity contribution in [2.75, 3.05) is 13.1 Å². The zero-order valence-electron chi connectivity index (χ0n) is 12.0. The summed E-state index contributed by atoms with van der Waals surface area (Å²) in [5.74, 6) is 0.151. The van der Waals surface area contributed by atoms with Crippen molar-refractivity contribution in [3.8, 4) is 0 Å². The van der Waals surface area contributed by atoms with E-state index in [1.807, 2.05) is 0 Å². The standard InChI is InChI=1S/C14H26N2O3/c1-11(2)5-6-12(17)15-9-13(18)16-10-14(19)7-3-4-8-14/h11,19H,3-10H2,1-2H3,(H,15,17)(H,16,18). The number of hydrogen-bond acceptors (Lipinski definition) is 3. The highest BCUT2D eigenvalue weighted by molar-refractivity contribution is 5.84. The molecule has 0 heterocycles. The van der Waals surface area contributed by atoms with Crippen molar-refractivity contribution < 1.29 is 14.7 Å². The van der Waals surface area contributed by atoms with Gasteiger partial charge in [-0.05, 0) is 25.2 Å². The SMILES string of the molecule is CC(C)CCC(=O)NCC(=O)NCC1(O)CCCC1. The maximum absolute atomic E-state index is 11.5. The summed E-state index contributed by atoms with van der Waals surface area (Å²) in [5, 5.41) is 15.3. The van der Waals surface area contributed by atoms with Gasteiger partial charge < -0.3 is 15.7 Å². The predicted octanol–water partition coefficient (Wildman–Crippen LogP) is 0.960. The summed E-state index contributed by atoms with van der Waals surface area (Å²) in [6.45, 7) is 4.39. The predicted molar refractivity (Wildman–Crippen MR) is 73.5 cm³/mol. The summed E-state index contributed by atoms with van der Waals surface area (Å²) in [6.07, 6.45) is 4.79. The molecule has 0 atom stereocenters. The molecule has 5 nitrogen and oxygen atoms in total. The summed E-state index contributed by atoms with van der Waals surface area (Å²) in [7, 11) is 0. The third-order valence-corrected chi connectivity index (χ3v) is 3.54. The van der Waals surface area contributed by atoms with Crippen LogP contribution in [0.15, 0.2) is 0 Å². The molecule has 19 heavy (non-hydrogen) atoms. The van der Waals surface area contributed by atoms with Crippen molar-refractivity contribution >= 4 is 11.8 Å². The summed E-state index contributed by atoms with van der Waals surface area (Å²) in [5.41, 5.74) is -0.739. The minimum Gasteiger partial charge on any atom is -0.388 e. The van der Waals surface area contributed by atoms with Gasteiger partial charge in [-0.25, -0.2) is 0 Å². The fourth-order valence-electron chi connectivity index (χ4n) is 2.22. The van der Waals surface area contributed by atoms with Crippen molar-refractivity contribution in [2.24, 2.45) is 5.92 Å². The Bertz CT molecular complexity index is 310. The van der Waals surface area contributed by atoms with Gasteiger partial charge in [0.25, 0.3) is 0 Å². The molecule has 110 valence electrons. The first-order chi connectivity index (χ1) is 8.91. The molecule has 0 aromatic rings. The van der Waals surface area contributed by atoms with E-state index in [9.17, 15) is 14.7 Å². The minimum absolute atomic E-state index is 0.00694. The third-order valence-electron chi connectivity index (χ3n) is 3.54. The van der Waals surface area contributed by atoms with E-state index in [0.717, 1.165) is 32.1 Å². The van der Waals surface area contributed by atoms with Crippen LogP contribution < -0.4 is 10.6 Å². The topological polar surface area (TPSA) is 78.4 Å². The average Bonchev–Trinajstić information content (AvgIpc) is 2.79. The Kier molecular flexibility index (Phi) is 6.28. The Hall–Kier alpha value is -1.10. The number of carbonyl (C=O) groups excluding carboxylic acids is 2. The second-order valence-corrected chi connectivity index (χ2v) is 5.92. The van der Waals surface area contributed by atoms with E-state index < -0.39 is 5.60 Å². The van der Waals surface area contributed by atoms with Gasteiger partial charge in [0.1, 0.15) is 0 Å². The van der Waals surface area contributed by atoms with Gasteiger partial charge in [0.05, 0.1) is 12.1 Å². The molecule has 1 aliphatic carbocycles. The molecule has 1 rings (SSSR count). The molecule has 0 aromatic heterocycles. The van der Waals surface area contributed by atoms with Crippen LogP contribution in [0.1, 0.15) is 52.4 Å². The lowest BCUT2D eigenvalue weighted by molar-refractivity contribution is -0.126. The molecule has 0 spiro atoms. The first-order valence-electron chi connectivity index (χ1n) is 7.17. The van der Waals surface area contributed by atoms with E-state index in [4.69, 9.17) is 0 Å². The van der Waals surface area contributed by atoms with E-state index >= 15 is 0 Å². The molecule has 0 unspecified atom stereocenters. The quantitative estimate of drug-likeness (QED) is 0.645. The van der Waals surface area contributed by atoms with Gasteiger partial charge in [-0.3, -0.25) is 9.59 Å². The second-order valence-electron chi connectivity index (χ2n) is 5.92. The first kappa shape index (κ1) is 16.0. The van der Waals surface area contributed by atoms with Crippen LogP contribution >= 0.6 is 0 Å². The molecule has 0 saturated heterocycles. The zero-order valence-corrected chi connectivity index (χ0v) is 12.0. The van der Waals surface area contributed by atoms with Crippen molar-refractivity contribution in [1.82, 2.24) is 10.6 Å². The van der Waals surface area contributed by atoms with Crippen LogP contribution in [0, 0.1) is 5.92 Å². The highest BCUT2D eigenvalue weighted by Crippen LogP contribution is 2.28. The first-order valence-corrected chi connectivity index (χ1v) is 7.17. The fraction of sp³-hybridized carbons (Fsp3) is 0.857. The van der Waals surface area contributed by atoms with Crippen LogP contribution in [0.5, 0.6) is 0 Å². The number of aliphatic hydroxyl groups is 1. The smallest absolute Gasteiger partial charge is 0.239 e. The third kappa shape index (κ3) is 6.57. The van der Waals surface area contributed by atoms with Gasteiger partial charge >= 0.3 is 0 Å². The van der Waals surface area contributed by atoms with Crippen LogP contribution in [0.2, 0.25) is 0 Å². The van der Waals surface area contributed by atoms with Gasteiger partial charge in [-0.1, -0.05) is 26.7 Å². The van der Waals surface area contributed by atoms with Gasteiger partial charge in [0, 0.05) is 13.0 Å². The van der Waals surface area contributed by atoms with Gasteiger partial charge in [0.2, 0.25) is 11.8 Å². The number of hydrogen-bond donors (Lipinski definition) is 3. The number of carbonyl (C=O) groups is 2. The number of rotatable bonds is 7. The molecular weight excluding hydrogens is 244 g/mol. The van der Waals surface area contributed by atoms with E-state index in [2.05, 4.69) is 24.5 Å². The van der Waals surface area contributed by atoms with E-state index in [1.54, 1.807) is 0 Å². The van der Waals surface area contributed by atoms with Crippen molar-refractivity contribution in [2.45, 2.75) is 58.0 Å². The summed E-state index contributed by atoms with van der Waals surface area (Å²) in [6, 6.07) is 0.